The Morgan fingerprint density at radius 1 is 1.20 bits per heavy atom. The van der Waals surface area contributed by atoms with Crippen LogP contribution in [0.15, 0.2) is 24.3 Å². The molecule has 2 unspecified atom stereocenters. The maximum Gasteiger partial charge on any atom is 0.0636 e. The van der Waals surface area contributed by atoms with E-state index in [1.807, 2.05) is 0 Å². The maximum absolute atomic E-state index is 9.17. The number of aliphatic hydroxyl groups excluding tert-OH is 1. The van der Waals surface area contributed by atoms with Gasteiger partial charge in [-0.2, -0.15) is 0 Å². The monoisotopic (exact) mass is 207 g/mol. The van der Waals surface area contributed by atoms with E-state index in [0.29, 0.717) is 12.6 Å². The molecule has 2 atom stereocenters. The molecule has 15 heavy (non-hydrogen) atoms. The molecule has 0 heterocycles. The van der Waals surface area contributed by atoms with E-state index in [9.17, 15) is 0 Å². The Hall–Kier alpha value is -0.860. The minimum absolute atomic E-state index is 0.289. The highest BCUT2D eigenvalue weighted by Gasteiger charge is 2.05. The Balaban J connectivity index is 2.54. The first kappa shape index (κ1) is 12.2. The summed E-state index contributed by atoms with van der Waals surface area (Å²) in [5, 5.41) is 12.5. The van der Waals surface area contributed by atoms with Gasteiger partial charge in [-0.15, -0.1) is 0 Å². The molecule has 0 aliphatic heterocycles. The van der Waals surface area contributed by atoms with Crippen molar-refractivity contribution in [3.8, 4) is 0 Å². The van der Waals surface area contributed by atoms with Crippen LogP contribution in [0.2, 0.25) is 0 Å². The van der Waals surface area contributed by atoms with Gasteiger partial charge in [0.25, 0.3) is 0 Å². The van der Waals surface area contributed by atoms with E-state index >= 15 is 0 Å². The van der Waals surface area contributed by atoms with Crippen molar-refractivity contribution in [3.05, 3.63) is 35.4 Å². The summed E-state index contributed by atoms with van der Waals surface area (Å²) < 4.78 is 0. The lowest BCUT2D eigenvalue weighted by Gasteiger charge is -2.15. The van der Waals surface area contributed by atoms with Crippen molar-refractivity contribution >= 4 is 0 Å². The molecule has 1 aromatic rings. The first-order valence-corrected chi connectivity index (χ1v) is 5.63. The van der Waals surface area contributed by atoms with Gasteiger partial charge in [0.15, 0.2) is 0 Å². The Labute approximate surface area is 92.3 Å². The molecule has 0 saturated carbocycles. The molecule has 0 aromatic heterocycles. The summed E-state index contributed by atoms with van der Waals surface area (Å²) in [5.41, 5.74) is 2.63. The molecule has 1 rings (SSSR count). The van der Waals surface area contributed by atoms with Crippen molar-refractivity contribution < 1.29 is 5.11 Å². The third kappa shape index (κ3) is 4.02. The lowest BCUT2D eigenvalue weighted by Crippen LogP contribution is -2.27. The fourth-order valence-corrected chi connectivity index (χ4v) is 1.51. The summed E-state index contributed by atoms with van der Waals surface area (Å²) in [6.07, 6.45) is 0.790. The Kier molecular flexibility index (Phi) is 4.79. The molecule has 0 fully saturated rings. The van der Waals surface area contributed by atoms with Crippen molar-refractivity contribution in [2.45, 2.75) is 39.3 Å². The van der Waals surface area contributed by atoms with Crippen LogP contribution in [0.3, 0.4) is 0 Å². The van der Waals surface area contributed by atoms with Gasteiger partial charge in [0.05, 0.1) is 6.10 Å². The third-order valence-corrected chi connectivity index (χ3v) is 2.61. The highest BCUT2D eigenvalue weighted by molar-refractivity contribution is 5.24. The van der Waals surface area contributed by atoms with Crippen molar-refractivity contribution in [2.24, 2.45) is 0 Å². The van der Waals surface area contributed by atoms with Crippen LogP contribution >= 0.6 is 0 Å². The second-order valence-corrected chi connectivity index (χ2v) is 4.07. The zero-order chi connectivity index (χ0) is 11.3. The minimum atomic E-state index is -0.289. The molecule has 0 amide bonds. The van der Waals surface area contributed by atoms with E-state index in [2.05, 4.69) is 43.4 Å². The van der Waals surface area contributed by atoms with Gasteiger partial charge in [0.1, 0.15) is 0 Å². The zero-order valence-corrected chi connectivity index (χ0v) is 9.83. The first-order chi connectivity index (χ1) is 7.13. The van der Waals surface area contributed by atoms with E-state index < -0.39 is 0 Å². The molecule has 0 saturated heterocycles. The molecule has 2 nitrogen and oxygen atoms in total. The normalized spacial score (nSPS) is 14.9. The SMILES string of the molecule is CCc1ccc(C(C)NCC(C)O)cc1. The predicted molar refractivity (Wildman–Crippen MR) is 63.9 cm³/mol. The number of hydrogen-bond donors (Lipinski definition) is 2. The molecule has 0 aliphatic carbocycles. The fraction of sp³-hybridized carbons (Fsp3) is 0.538. The van der Waals surface area contributed by atoms with E-state index in [0.717, 1.165) is 6.42 Å². The average molecular weight is 207 g/mol. The molecule has 0 aliphatic rings. The Morgan fingerprint density at radius 2 is 1.80 bits per heavy atom. The predicted octanol–water partition coefficient (Wildman–Crippen LogP) is 2.28. The quantitative estimate of drug-likeness (QED) is 0.776. The van der Waals surface area contributed by atoms with Crippen LogP contribution in [-0.2, 0) is 6.42 Å². The van der Waals surface area contributed by atoms with Gasteiger partial charge in [-0.3, -0.25) is 0 Å². The molecular weight excluding hydrogens is 186 g/mol. The van der Waals surface area contributed by atoms with E-state index in [1.165, 1.54) is 11.1 Å². The second-order valence-electron chi connectivity index (χ2n) is 4.07. The number of aryl methyl sites for hydroxylation is 1. The van der Waals surface area contributed by atoms with E-state index in [-0.39, 0.29) is 6.10 Å². The number of hydrogen-bond acceptors (Lipinski definition) is 2. The van der Waals surface area contributed by atoms with Gasteiger partial charge in [-0.05, 0) is 31.4 Å². The molecular formula is C13H21NO. The smallest absolute Gasteiger partial charge is 0.0636 e. The first-order valence-electron chi connectivity index (χ1n) is 5.63. The lowest BCUT2D eigenvalue weighted by atomic mass is 10.0. The molecule has 84 valence electrons. The largest absolute Gasteiger partial charge is 0.392 e. The summed E-state index contributed by atoms with van der Waals surface area (Å²) in [6, 6.07) is 8.92. The standard InChI is InChI=1S/C13H21NO/c1-4-12-5-7-13(8-6-12)11(3)14-9-10(2)15/h5-8,10-11,14-15H,4,9H2,1-3H3. The summed E-state index contributed by atoms with van der Waals surface area (Å²) >= 11 is 0. The molecule has 0 radical (unpaired) electrons. The summed E-state index contributed by atoms with van der Waals surface area (Å²) in [6.45, 7) is 6.70. The number of benzene rings is 1. The van der Waals surface area contributed by atoms with Gasteiger partial charge in [0, 0.05) is 12.6 Å². The van der Waals surface area contributed by atoms with Gasteiger partial charge < -0.3 is 10.4 Å². The zero-order valence-electron chi connectivity index (χ0n) is 9.83. The fourth-order valence-electron chi connectivity index (χ4n) is 1.51. The molecule has 2 N–H and O–H groups in total. The average Bonchev–Trinajstić information content (AvgIpc) is 2.26. The summed E-state index contributed by atoms with van der Waals surface area (Å²) in [7, 11) is 0. The van der Waals surface area contributed by atoms with Gasteiger partial charge in [-0.25, -0.2) is 0 Å². The van der Waals surface area contributed by atoms with Crippen molar-refractivity contribution in [1.29, 1.82) is 0 Å². The van der Waals surface area contributed by atoms with Crippen LogP contribution < -0.4 is 5.32 Å². The third-order valence-electron chi connectivity index (χ3n) is 2.61. The molecule has 0 spiro atoms. The second kappa shape index (κ2) is 5.89. The van der Waals surface area contributed by atoms with E-state index in [4.69, 9.17) is 5.11 Å². The highest BCUT2D eigenvalue weighted by atomic mass is 16.3. The number of nitrogens with one attached hydrogen (secondary N) is 1. The van der Waals surface area contributed by atoms with Gasteiger partial charge >= 0.3 is 0 Å². The molecule has 1 aromatic carbocycles. The number of aliphatic hydroxyl groups is 1. The van der Waals surface area contributed by atoms with Crippen LogP contribution in [0.4, 0.5) is 0 Å². The van der Waals surface area contributed by atoms with Crippen molar-refractivity contribution in [3.63, 3.8) is 0 Å². The van der Waals surface area contributed by atoms with Gasteiger partial charge in [0.2, 0.25) is 0 Å². The van der Waals surface area contributed by atoms with Crippen LogP contribution in [-0.4, -0.2) is 17.8 Å². The molecule has 0 bridgehead atoms. The van der Waals surface area contributed by atoms with Crippen LogP contribution in [0, 0.1) is 0 Å². The lowest BCUT2D eigenvalue weighted by molar-refractivity contribution is 0.187. The molecule has 2 heteroatoms. The van der Waals surface area contributed by atoms with Crippen molar-refractivity contribution in [1.82, 2.24) is 5.32 Å². The van der Waals surface area contributed by atoms with Crippen LogP contribution in [0.25, 0.3) is 0 Å². The maximum atomic E-state index is 9.17. The van der Waals surface area contributed by atoms with Gasteiger partial charge in [-0.1, -0.05) is 31.2 Å². The highest BCUT2D eigenvalue weighted by Crippen LogP contribution is 2.13. The summed E-state index contributed by atoms with van der Waals surface area (Å²) in [5.74, 6) is 0. The summed E-state index contributed by atoms with van der Waals surface area (Å²) in [4.78, 5) is 0. The van der Waals surface area contributed by atoms with E-state index in [1.54, 1.807) is 6.92 Å². The Morgan fingerprint density at radius 3 is 2.27 bits per heavy atom. The van der Waals surface area contributed by atoms with Crippen molar-refractivity contribution in [2.75, 3.05) is 6.54 Å². The number of rotatable bonds is 5. The minimum Gasteiger partial charge on any atom is -0.392 e. The topological polar surface area (TPSA) is 32.3 Å². The van der Waals surface area contributed by atoms with Crippen LogP contribution in [0.1, 0.15) is 37.9 Å². The van der Waals surface area contributed by atoms with Crippen LogP contribution in [0.5, 0.6) is 0 Å². The Bertz CT molecular complexity index is 279.